The van der Waals surface area contributed by atoms with Gasteiger partial charge in [-0.3, -0.25) is 9.59 Å². The second-order valence-corrected chi connectivity index (χ2v) is 9.40. The number of carbonyl (C=O) groups excluding carboxylic acids is 2. The summed E-state index contributed by atoms with van der Waals surface area (Å²) in [6.45, 7) is 4.75. The number of nitrogens with one attached hydrogen (secondary N) is 1. The highest BCUT2D eigenvalue weighted by molar-refractivity contribution is 7.98. The molecule has 2 amide bonds. The van der Waals surface area contributed by atoms with E-state index in [0.717, 1.165) is 17.0 Å². The van der Waals surface area contributed by atoms with Crippen molar-refractivity contribution < 1.29 is 9.59 Å². The van der Waals surface area contributed by atoms with Crippen molar-refractivity contribution in [3.05, 3.63) is 101 Å². The van der Waals surface area contributed by atoms with Gasteiger partial charge in [-0.1, -0.05) is 74.5 Å². The van der Waals surface area contributed by atoms with E-state index in [4.69, 9.17) is 0 Å². The normalized spacial score (nSPS) is 13.8. The molecule has 0 radical (unpaired) electrons. The number of hydrogen-bond acceptors (Lipinski definition) is 3. The molecule has 3 aromatic rings. The van der Waals surface area contributed by atoms with Crippen LogP contribution in [0.1, 0.15) is 46.8 Å². The Morgan fingerprint density at radius 3 is 2.34 bits per heavy atom. The van der Waals surface area contributed by atoms with Crippen molar-refractivity contribution in [3.63, 3.8) is 0 Å². The molecule has 0 unspecified atom stereocenters. The maximum absolute atomic E-state index is 13.3. The van der Waals surface area contributed by atoms with Crippen LogP contribution in [0.25, 0.3) is 0 Å². The van der Waals surface area contributed by atoms with Gasteiger partial charge >= 0.3 is 0 Å². The number of thioether (sulfide) groups is 1. The summed E-state index contributed by atoms with van der Waals surface area (Å²) >= 11 is 1.67. The Morgan fingerprint density at radius 1 is 0.969 bits per heavy atom. The van der Waals surface area contributed by atoms with Gasteiger partial charge in [-0.05, 0) is 40.8 Å². The van der Waals surface area contributed by atoms with Gasteiger partial charge in [0.05, 0.1) is 0 Å². The van der Waals surface area contributed by atoms with Crippen LogP contribution in [0.3, 0.4) is 0 Å². The molecular formula is C27H28N2O2S. The first-order valence-corrected chi connectivity index (χ1v) is 12.1. The minimum absolute atomic E-state index is 0.0729. The first-order chi connectivity index (χ1) is 15.5. The third kappa shape index (κ3) is 5.05. The van der Waals surface area contributed by atoms with Crippen LogP contribution in [0.15, 0.2) is 78.9 Å². The number of rotatable bonds is 8. The Balaban J connectivity index is 1.50. The molecule has 164 valence electrons. The van der Waals surface area contributed by atoms with Crippen LogP contribution in [0.2, 0.25) is 0 Å². The quantitative estimate of drug-likeness (QED) is 0.484. The van der Waals surface area contributed by atoms with Gasteiger partial charge in [-0.25, -0.2) is 0 Å². The van der Waals surface area contributed by atoms with Gasteiger partial charge in [-0.15, -0.1) is 0 Å². The Morgan fingerprint density at radius 2 is 1.66 bits per heavy atom. The minimum Gasteiger partial charge on any atom is -0.324 e. The van der Waals surface area contributed by atoms with Crippen LogP contribution in [0.5, 0.6) is 0 Å². The van der Waals surface area contributed by atoms with Crippen LogP contribution in [-0.4, -0.2) is 28.5 Å². The molecule has 0 spiro atoms. The molecule has 0 fully saturated rings. The van der Waals surface area contributed by atoms with Gasteiger partial charge < -0.3 is 10.2 Å². The molecule has 0 bridgehead atoms. The molecule has 1 atom stereocenters. The highest BCUT2D eigenvalue weighted by atomic mass is 32.2. The lowest BCUT2D eigenvalue weighted by molar-refractivity contribution is -0.119. The summed E-state index contributed by atoms with van der Waals surface area (Å²) in [6, 6.07) is 25.2. The van der Waals surface area contributed by atoms with Gasteiger partial charge in [0.2, 0.25) is 5.91 Å². The van der Waals surface area contributed by atoms with E-state index in [1.807, 2.05) is 66.7 Å². The smallest absolute Gasteiger partial charge is 0.255 e. The van der Waals surface area contributed by atoms with Gasteiger partial charge in [0, 0.05) is 29.3 Å². The van der Waals surface area contributed by atoms with E-state index in [-0.39, 0.29) is 11.8 Å². The molecule has 3 aromatic carbocycles. The third-order valence-electron chi connectivity index (χ3n) is 5.76. The highest BCUT2D eigenvalue weighted by Gasteiger charge is 2.36. The lowest BCUT2D eigenvalue weighted by atomic mass is 10.0. The van der Waals surface area contributed by atoms with Crippen molar-refractivity contribution in [1.82, 2.24) is 4.90 Å². The van der Waals surface area contributed by atoms with Crippen molar-refractivity contribution in [2.45, 2.75) is 38.1 Å². The summed E-state index contributed by atoms with van der Waals surface area (Å²) in [5, 5.41) is 3.03. The predicted octanol–water partition coefficient (Wildman–Crippen LogP) is 5.71. The first kappa shape index (κ1) is 22.2. The van der Waals surface area contributed by atoms with E-state index in [1.165, 1.54) is 11.1 Å². The molecule has 4 rings (SSSR count). The Bertz CT molecular complexity index is 1080. The number of hydrogen-bond donors (Lipinski definition) is 1. The molecular weight excluding hydrogens is 416 g/mol. The zero-order valence-electron chi connectivity index (χ0n) is 18.5. The molecule has 32 heavy (non-hydrogen) atoms. The summed E-state index contributed by atoms with van der Waals surface area (Å²) in [7, 11) is 0. The summed E-state index contributed by atoms with van der Waals surface area (Å²) in [5.74, 6) is 1.54. The molecule has 0 saturated carbocycles. The van der Waals surface area contributed by atoms with E-state index in [2.05, 4.69) is 31.3 Å². The van der Waals surface area contributed by atoms with Gasteiger partial charge in [0.15, 0.2) is 0 Å². The van der Waals surface area contributed by atoms with Gasteiger partial charge in [0.25, 0.3) is 5.91 Å². The van der Waals surface area contributed by atoms with E-state index in [0.29, 0.717) is 23.8 Å². The number of carbonyl (C=O) groups is 2. The topological polar surface area (TPSA) is 49.4 Å². The molecule has 0 aliphatic carbocycles. The highest BCUT2D eigenvalue weighted by Crippen LogP contribution is 2.27. The number of amides is 2. The van der Waals surface area contributed by atoms with Crippen molar-refractivity contribution in [2.24, 2.45) is 0 Å². The Labute approximate surface area is 194 Å². The second kappa shape index (κ2) is 10.0. The van der Waals surface area contributed by atoms with Crippen molar-refractivity contribution in [1.29, 1.82) is 0 Å². The zero-order valence-corrected chi connectivity index (χ0v) is 19.3. The van der Waals surface area contributed by atoms with Crippen LogP contribution in [0, 0.1) is 0 Å². The summed E-state index contributed by atoms with van der Waals surface area (Å²) in [6.07, 6.45) is 0. The second-order valence-electron chi connectivity index (χ2n) is 8.37. The molecule has 1 aliphatic heterocycles. The minimum atomic E-state index is -0.548. The molecule has 0 saturated heterocycles. The van der Waals surface area contributed by atoms with E-state index in [1.54, 1.807) is 16.7 Å². The molecule has 1 aliphatic rings. The molecule has 1 heterocycles. The SMILES string of the molecule is CC(C)c1ccc(NC(=O)[C@H](CSCc2ccccc2)N2Cc3ccccc3C2=O)cc1. The monoisotopic (exact) mass is 444 g/mol. The van der Waals surface area contributed by atoms with Crippen LogP contribution >= 0.6 is 11.8 Å². The van der Waals surface area contributed by atoms with E-state index in [9.17, 15) is 9.59 Å². The van der Waals surface area contributed by atoms with Crippen molar-refractivity contribution >= 4 is 29.3 Å². The summed E-state index contributed by atoms with van der Waals surface area (Å²) in [4.78, 5) is 28.1. The molecule has 1 N–H and O–H groups in total. The number of nitrogens with zero attached hydrogens (tertiary/aromatic N) is 1. The lowest BCUT2D eigenvalue weighted by Crippen LogP contribution is -2.46. The third-order valence-corrected chi connectivity index (χ3v) is 6.85. The average Bonchev–Trinajstić information content (AvgIpc) is 3.14. The molecule has 4 nitrogen and oxygen atoms in total. The summed E-state index contributed by atoms with van der Waals surface area (Å²) < 4.78 is 0. The fourth-order valence-electron chi connectivity index (χ4n) is 3.88. The van der Waals surface area contributed by atoms with E-state index >= 15 is 0 Å². The van der Waals surface area contributed by atoms with Gasteiger partial charge in [0.1, 0.15) is 6.04 Å². The first-order valence-electron chi connectivity index (χ1n) is 10.9. The van der Waals surface area contributed by atoms with Crippen molar-refractivity contribution in [2.75, 3.05) is 11.1 Å². The standard InChI is InChI=1S/C27H28N2O2S/c1-19(2)21-12-14-23(15-13-21)28-26(30)25(18-32-17-20-8-4-3-5-9-20)29-16-22-10-6-7-11-24(22)27(29)31/h3-15,19,25H,16-18H2,1-2H3,(H,28,30)/t25-/m0/s1. The Kier molecular flexibility index (Phi) is 6.96. The Hall–Kier alpha value is -3.05. The van der Waals surface area contributed by atoms with Gasteiger partial charge in [-0.2, -0.15) is 11.8 Å². The summed E-state index contributed by atoms with van der Waals surface area (Å²) in [5.41, 5.74) is 4.85. The maximum Gasteiger partial charge on any atom is 0.255 e. The average molecular weight is 445 g/mol. The molecule has 0 aromatic heterocycles. The lowest BCUT2D eigenvalue weighted by Gasteiger charge is -2.27. The largest absolute Gasteiger partial charge is 0.324 e. The predicted molar refractivity (Wildman–Crippen MR) is 132 cm³/mol. The van der Waals surface area contributed by atoms with Crippen LogP contribution < -0.4 is 5.32 Å². The molecule has 5 heteroatoms. The number of benzene rings is 3. The van der Waals surface area contributed by atoms with Crippen LogP contribution in [-0.2, 0) is 17.1 Å². The number of fused-ring (bicyclic) bond motifs is 1. The number of anilines is 1. The maximum atomic E-state index is 13.3. The fraction of sp³-hybridized carbons (Fsp3) is 0.259. The van der Waals surface area contributed by atoms with Crippen LogP contribution in [0.4, 0.5) is 5.69 Å². The zero-order chi connectivity index (χ0) is 22.5. The fourth-order valence-corrected chi connectivity index (χ4v) is 4.98. The van der Waals surface area contributed by atoms with Crippen molar-refractivity contribution in [3.8, 4) is 0 Å². The van der Waals surface area contributed by atoms with E-state index < -0.39 is 6.04 Å².